The van der Waals surface area contributed by atoms with E-state index in [1.165, 1.54) is 5.56 Å². The first-order chi connectivity index (χ1) is 10.6. The average Bonchev–Trinajstić information content (AvgIpc) is 2.85. The van der Waals surface area contributed by atoms with Crippen LogP contribution in [0, 0.1) is 13.8 Å². The molecule has 0 spiro atoms. The van der Waals surface area contributed by atoms with Crippen LogP contribution < -0.4 is 0 Å². The molecule has 112 valence electrons. The molecule has 3 rings (SSSR count). The van der Waals surface area contributed by atoms with E-state index in [4.69, 9.17) is 0 Å². The molecule has 0 saturated heterocycles. The number of rotatable bonds is 3. The molecule has 0 unspecified atom stereocenters. The summed E-state index contributed by atoms with van der Waals surface area (Å²) in [5.41, 5.74) is 5.95. The maximum absolute atomic E-state index is 10.7. The van der Waals surface area contributed by atoms with Crippen molar-refractivity contribution in [3.05, 3.63) is 65.4 Å². The third-order valence-electron chi connectivity index (χ3n) is 3.85. The zero-order valence-electron chi connectivity index (χ0n) is 13.2. The summed E-state index contributed by atoms with van der Waals surface area (Å²) in [6.45, 7) is 6.15. The van der Waals surface area contributed by atoms with Gasteiger partial charge in [-0.2, -0.15) is 5.10 Å². The molecule has 0 aliphatic rings. The number of nitrogens with zero attached hydrogens (tertiary/aromatic N) is 2. The van der Waals surface area contributed by atoms with Gasteiger partial charge in [-0.05, 0) is 43.5 Å². The largest absolute Gasteiger partial charge is 0.493 e. The van der Waals surface area contributed by atoms with E-state index in [-0.39, 0.29) is 5.88 Å². The van der Waals surface area contributed by atoms with Crippen LogP contribution in [0.15, 0.2) is 48.5 Å². The quantitative estimate of drug-likeness (QED) is 0.775. The molecule has 0 aliphatic heterocycles. The smallest absolute Gasteiger partial charge is 0.222 e. The highest BCUT2D eigenvalue weighted by atomic mass is 16.3. The van der Waals surface area contributed by atoms with E-state index in [1.807, 2.05) is 43.3 Å². The van der Waals surface area contributed by atoms with E-state index in [1.54, 1.807) is 4.68 Å². The zero-order valence-corrected chi connectivity index (χ0v) is 13.2. The SMILES string of the molecule is CCc1nn(-c2cccc(C)c2)c(O)c1-c1ccc(C)cc1. The van der Waals surface area contributed by atoms with Crippen LogP contribution in [-0.4, -0.2) is 14.9 Å². The Hall–Kier alpha value is -2.55. The van der Waals surface area contributed by atoms with E-state index in [0.29, 0.717) is 0 Å². The summed E-state index contributed by atoms with van der Waals surface area (Å²) >= 11 is 0. The number of hydrogen-bond donors (Lipinski definition) is 1. The number of hydrogen-bond acceptors (Lipinski definition) is 2. The molecule has 0 bridgehead atoms. The van der Waals surface area contributed by atoms with Crippen LogP contribution in [0.5, 0.6) is 5.88 Å². The Morgan fingerprint density at radius 2 is 1.73 bits per heavy atom. The van der Waals surface area contributed by atoms with E-state index >= 15 is 0 Å². The van der Waals surface area contributed by atoms with Crippen molar-refractivity contribution in [1.82, 2.24) is 9.78 Å². The van der Waals surface area contributed by atoms with Gasteiger partial charge in [0.05, 0.1) is 16.9 Å². The van der Waals surface area contributed by atoms with Gasteiger partial charge in [0.1, 0.15) is 0 Å². The molecule has 3 heteroatoms. The minimum Gasteiger partial charge on any atom is -0.493 e. The van der Waals surface area contributed by atoms with Crippen molar-refractivity contribution < 1.29 is 5.11 Å². The summed E-state index contributed by atoms with van der Waals surface area (Å²) in [4.78, 5) is 0. The van der Waals surface area contributed by atoms with Gasteiger partial charge in [0.15, 0.2) is 0 Å². The molecule has 0 aliphatic carbocycles. The molecular formula is C19H20N2O. The molecule has 1 heterocycles. The van der Waals surface area contributed by atoms with Crippen molar-refractivity contribution in [1.29, 1.82) is 0 Å². The second-order valence-corrected chi connectivity index (χ2v) is 5.62. The van der Waals surface area contributed by atoms with Crippen LogP contribution >= 0.6 is 0 Å². The molecule has 3 nitrogen and oxygen atoms in total. The van der Waals surface area contributed by atoms with Gasteiger partial charge < -0.3 is 5.11 Å². The first-order valence-electron chi connectivity index (χ1n) is 7.55. The predicted octanol–water partition coefficient (Wildman–Crippen LogP) is 4.42. The first-order valence-corrected chi connectivity index (χ1v) is 7.55. The number of aromatic nitrogens is 2. The topological polar surface area (TPSA) is 38.0 Å². The summed E-state index contributed by atoms with van der Waals surface area (Å²) in [5.74, 6) is 0.200. The highest BCUT2D eigenvalue weighted by molar-refractivity contribution is 5.72. The normalized spacial score (nSPS) is 10.9. The molecule has 2 aromatic carbocycles. The predicted molar refractivity (Wildman–Crippen MR) is 89.5 cm³/mol. The Bertz CT molecular complexity index is 801. The van der Waals surface area contributed by atoms with Gasteiger partial charge in [0.2, 0.25) is 5.88 Å². The lowest BCUT2D eigenvalue weighted by molar-refractivity contribution is 0.435. The zero-order chi connectivity index (χ0) is 15.7. The van der Waals surface area contributed by atoms with Crippen LogP contribution in [0.3, 0.4) is 0 Å². The van der Waals surface area contributed by atoms with Gasteiger partial charge in [0.25, 0.3) is 0 Å². The van der Waals surface area contributed by atoms with Crippen molar-refractivity contribution in [2.45, 2.75) is 27.2 Å². The van der Waals surface area contributed by atoms with Gasteiger partial charge in [-0.1, -0.05) is 48.9 Å². The lowest BCUT2D eigenvalue weighted by Gasteiger charge is -2.05. The molecule has 3 aromatic rings. The fourth-order valence-corrected chi connectivity index (χ4v) is 2.66. The summed E-state index contributed by atoms with van der Waals surface area (Å²) in [6, 6.07) is 16.2. The summed E-state index contributed by atoms with van der Waals surface area (Å²) in [5, 5.41) is 15.3. The van der Waals surface area contributed by atoms with Crippen molar-refractivity contribution in [3.63, 3.8) is 0 Å². The molecule has 0 atom stereocenters. The Labute approximate surface area is 130 Å². The molecule has 1 aromatic heterocycles. The minimum absolute atomic E-state index is 0.200. The van der Waals surface area contributed by atoms with E-state index in [9.17, 15) is 5.11 Å². The second kappa shape index (κ2) is 5.68. The van der Waals surface area contributed by atoms with Gasteiger partial charge in [0, 0.05) is 0 Å². The van der Waals surface area contributed by atoms with Crippen LogP contribution in [0.25, 0.3) is 16.8 Å². The fraction of sp³-hybridized carbons (Fsp3) is 0.211. The van der Waals surface area contributed by atoms with Crippen LogP contribution in [0.4, 0.5) is 0 Å². The molecule has 1 N–H and O–H groups in total. The van der Waals surface area contributed by atoms with Crippen molar-refractivity contribution >= 4 is 0 Å². The molecule has 22 heavy (non-hydrogen) atoms. The molecule has 0 amide bonds. The summed E-state index contributed by atoms with van der Waals surface area (Å²) in [7, 11) is 0. The number of aryl methyl sites for hydroxylation is 3. The summed E-state index contributed by atoms with van der Waals surface area (Å²) < 4.78 is 1.63. The van der Waals surface area contributed by atoms with Crippen LogP contribution in [-0.2, 0) is 6.42 Å². The lowest BCUT2D eigenvalue weighted by atomic mass is 10.0. The van der Waals surface area contributed by atoms with Gasteiger partial charge >= 0.3 is 0 Å². The maximum atomic E-state index is 10.7. The minimum atomic E-state index is 0.200. The molecule has 0 saturated carbocycles. The van der Waals surface area contributed by atoms with Crippen LogP contribution in [0.2, 0.25) is 0 Å². The van der Waals surface area contributed by atoms with Gasteiger partial charge in [-0.3, -0.25) is 0 Å². The Balaban J connectivity index is 2.17. The lowest BCUT2D eigenvalue weighted by Crippen LogP contribution is -1.96. The second-order valence-electron chi connectivity index (χ2n) is 5.62. The molecular weight excluding hydrogens is 272 g/mol. The number of benzene rings is 2. The Kier molecular flexibility index (Phi) is 3.72. The first kappa shape index (κ1) is 14.4. The Morgan fingerprint density at radius 3 is 2.36 bits per heavy atom. The maximum Gasteiger partial charge on any atom is 0.222 e. The Morgan fingerprint density at radius 1 is 1.00 bits per heavy atom. The average molecular weight is 292 g/mol. The number of aromatic hydroxyl groups is 1. The monoisotopic (exact) mass is 292 g/mol. The summed E-state index contributed by atoms with van der Waals surface area (Å²) in [6.07, 6.45) is 0.773. The third kappa shape index (κ3) is 2.50. The van der Waals surface area contributed by atoms with Crippen LogP contribution in [0.1, 0.15) is 23.7 Å². The van der Waals surface area contributed by atoms with Crippen molar-refractivity contribution in [2.24, 2.45) is 0 Å². The third-order valence-corrected chi connectivity index (χ3v) is 3.85. The van der Waals surface area contributed by atoms with Gasteiger partial charge in [-0.25, -0.2) is 4.68 Å². The van der Waals surface area contributed by atoms with E-state index in [0.717, 1.165) is 34.5 Å². The van der Waals surface area contributed by atoms with Crippen molar-refractivity contribution in [2.75, 3.05) is 0 Å². The van der Waals surface area contributed by atoms with Gasteiger partial charge in [-0.15, -0.1) is 0 Å². The van der Waals surface area contributed by atoms with E-state index < -0.39 is 0 Å². The van der Waals surface area contributed by atoms with E-state index in [2.05, 4.69) is 31.1 Å². The standard InChI is InChI=1S/C19H20N2O/c1-4-17-18(15-10-8-13(2)9-11-15)19(22)21(20-17)16-7-5-6-14(3)12-16/h5-12,22H,4H2,1-3H3. The highest BCUT2D eigenvalue weighted by Crippen LogP contribution is 2.35. The molecule has 0 fully saturated rings. The molecule has 0 radical (unpaired) electrons. The van der Waals surface area contributed by atoms with Crippen molar-refractivity contribution in [3.8, 4) is 22.7 Å². The fourth-order valence-electron chi connectivity index (χ4n) is 2.66. The highest BCUT2D eigenvalue weighted by Gasteiger charge is 2.18.